The van der Waals surface area contributed by atoms with Gasteiger partial charge in [-0.3, -0.25) is 0 Å². The second-order valence-corrected chi connectivity index (χ2v) is 4.52. The van der Waals surface area contributed by atoms with Crippen LogP contribution in [-0.4, -0.2) is 23.5 Å². The lowest BCUT2D eigenvalue weighted by molar-refractivity contribution is 0.779. The van der Waals surface area contributed by atoms with Crippen LogP contribution in [0.3, 0.4) is 0 Å². The van der Waals surface area contributed by atoms with Crippen molar-refractivity contribution in [3.05, 3.63) is 0 Å². The largest absolute Gasteiger partial charge is 0.165 e. The third kappa shape index (κ3) is 8.70. The van der Waals surface area contributed by atoms with E-state index in [1.165, 1.54) is 36.5 Å². The van der Waals surface area contributed by atoms with Crippen LogP contribution >= 0.6 is 23.5 Å². The van der Waals surface area contributed by atoms with Crippen LogP contribution < -0.4 is 0 Å². The summed E-state index contributed by atoms with van der Waals surface area (Å²) in [5.41, 5.74) is 0. The molecule has 0 heterocycles. The van der Waals surface area contributed by atoms with Gasteiger partial charge in [0.05, 0.1) is 0 Å². The minimum absolute atomic E-state index is 1.32. The van der Waals surface area contributed by atoms with Gasteiger partial charge in [-0.1, -0.05) is 19.8 Å². The maximum atomic E-state index is 2.26. The normalized spacial score (nSPS) is 10.2. The van der Waals surface area contributed by atoms with Gasteiger partial charge in [0.2, 0.25) is 0 Å². The summed E-state index contributed by atoms with van der Waals surface area (Å²) in [6.07, 6.45) is 6.34. The van der Waals surface area contributed by atoms with Crippen molar-refractivity contribution in [2.75, 3.05) is 23.5 Å². The molecule has 0 aliphatic heterocycles. The van der Waals surface area contributed by atoms with Crippen LogP contribution in [0.15, 0.2) is 0 Å². The second kappa shape index (κ2) is 9.70. The fraction of sp³-hybridized carbons (Fsp3) is 1.00. The van der Waals surface area contributed by atoms with Crippen LogP contribution in [-0.2, 0) is 0 Å². The topological polar surface area (TPSA) is 0 Å². The summed E-state index contributed by atoms with van der Waals surface area (Å²) in [6.45, 7) is 2.26. The van der Waals surface area contributed by atoms with Crippen molar-refractivity contribution < 1.29 is 0 Å². The first-order valence-corrected chi connectivity index (χ1v) is 6.53. The molecule has 0 spiro atoms. The molecule has 0 unspecified atom stereocenters. The second-order valence-electron chi connectivity index (χ2n) is 2.31. The molecule has 0 N–H and O–H groups in total. The standard InChI is InChI=1S/C8H18S2/c1-3-4-5-6-10-8-7-9-2/h3-8H2,1-2H3. The molecule has 0 aliphatic rings. The van der Waals surface area contributed by atoms with Gasteiger partial charge in [-0.05, 0) is 18.4 Å². The Bertz CT molecular complexity index is 47.2. The van der Waals surface area contributed by atoms with Gasteiger partial charge in [0.15, 0.2) is 0 Å². The van der Waals surface area contributed by atoms with Gasteiger partial charge in [-0.25, -0.2) is 0 Å². The first kappa shape index (κ1) is 10.7. The zero-order chi connectivity index (χ0) is 7.66. The van der Waals surface area contributed by atoms with E-state index in [1.807, 2.05) is 11.8 Å². The number of thioether (sulfide) groups is 2. The van der Waals surface area contributed by atoms with E-state index in [0.717, 1.165) is 0 Å². The van der Waals surface area contributed by atoms with E-state index in [0.29, 0.717) is 0 Å². The highest BCUT2D eigenvalue weighted by Gasteiger charge is 1.87. The summed E-state index contributed by atoms with van der Waals surface area (Å²) in [7, 11) is 0. The van der Waals surface area contributed by atoms with Crippen molar-refractivity contribution in [2.45, 2.75) is 26.2 Å². The Labute approximate surface area is 73.5 Å². The Hall–Kier alpha value is 0.700. The molecule has 0 radical (unpaired) electrons. The molecule has 0 rings (SSSR count). The number of hydrogen-bond acceptors (Lipinski definition) is 2. The molecule has 0 saturated carbocycles. The summed E-state index contributed by atoms with van der Waals surface area (Å²) in [6, 6.07) is 0. The van der Waals surface area contributed by atoms with E-state index >= 15 is 0 Å². The smallest absolute Gasteiger partial charge is 0.00234 e. The maximum absolute atomic E-state index is 2.26. The highest BCUT2D eigenvalue weighted by Crippen LogP contribution is 2.07. The first-order valence-electron chi connectivity index (χ1n) is 3.98. The predicted molar refractivity (Wildman–Crippen MR) is 55.2 cm³/mol. The van der Waals surface area contributed by atoms with E-state index in [9.17, 15) is 0 Å². The number of hydrogen-bond donors (Lipinski definition) is 0. The van der Waals surface area contributed by atoms with Gasteiger partial charge in [-0.15, -0.1) is 0 Å². The summed E-state index contributed by atoms with van der Waals surface area (Å²) >= 11 is 4.04. The van der Waals surface area contributed by atoms with Crippen LogP contribution in [0.4, 0.5) is 0 Å². The third-order valence-electron chi connectivity index (χ3n) is 1.32. The fourth-order valence-corrected chi connectivity index (χ4v) is 2.45. The zero-order valence-corrected chi connectivity index (χ0v) is 8.69. The van der Waals surface area contributed by atoms with E-state index in [4.69, 9.17) is 0 Å². The van der Waals surface area contributed by atoms with Crippen LogP contribution in [0.1, 0.15) is 26.2 Å². The Morgan fingerprint density at radius 2 is 1.80 bits per heavy atom. The van der Waals surface area contributed by atoms with Crippen molar-refractivity contribution >= 4 is 23.5 Å². The van der Waals surface area contributed by atoms with Gasteiger partial charge in [0.1, 0.15) is 0 Å². The van der Waals surface area contributed by atoms with Crippen molar-refractivity contribution in [3.8, 4) is 0 Å². The Balaban J connectivity index is 2.65. The Morgan fingerprint density at radius 3 is 2.40 bits per heavy atom. The Morgan fingerprint density at radius 1 is 1.00 bits per heavy atom. The highest BCUT2D eigenvalue weighted by atomic mass is 32.2. The molecule has 62 valence electrons. The summed E-state index contributed by atoms with van der Waals surface area (Å²) < 4.78 is 0. The van der Waals surface area contributed by atoms with Gasteiger partial charge in [0.25, 0.3) is 0 Å². The number of unbranched alkanes of at least 4 members (excludes halogenated alkanes) is 2. The van der Waals surface area contributed by atoms with Crippen molar-refractivity contribution in [2.24, 2.45) is 0 Å². The van der Waals surface area contributed by atoms with E-state index in [1.54, 1.807) is 0 Å². The highest BCUT2D eigenvalue weighted by molar-refractivity contribution is 8.02. The van der Waals surface area contributed by atoms with Crippen LogP contribution in [0.2, 0.25) is 0 Å². The van der Waals surface area contributed by atoms with E-state index < -0.39 is 0 Å². The zero-order valence-electron chi connectivity index (χ0n) is 7.06. The first-order chi connectivity index (χ1) is 4.91. The Kier molecular flexibility index (Phi) is 10.4. The quantitative estimate of drug-likeness (QED) is 0.549. The minimum Gasteiger partial charge on any atom is -0.165 e. The molecule has 0 atom stereocenters. The molecule has 0 bridgehead atoms. The SMILES string of the molecule is CCCCCSCCSC. The molecule has 2 heteroatoms. The lowest BCUT2D eigenvalue weighted by Gasteiger charge is -1.97. The third-order valence-corrected chi connectivity index (χ3v) is 3.26. The summed E-state index contributed by atoms with van der Waals surface area (Å²) in [5.74, 6) is 4.02. The molecule has 10 heavy (non-hydrogen) atoms. The van der Waals surface area contributed by atoms with Crippen LogP contribution in [0.25, 0.3) is 0 Å². The van der Waals surface area contributed by atoms with E-state index in [-0.39, 0.29) is 0 Å². The summed E-state index contributed by atoms with van der Waals surface area (Å²) in [4.78, 5) is 0. The molecule has 0 aromatic heterocycles. The molecule has 0 aliphatic carbocycles. The van der Waals surface area contributed by atoms with Crippen LogP contribution in [0.5, 0.6) is 0 Å². The van der Waals surface area contributed by atoms with Gasteiger partial charge < -0.3 is 0 Å². The van der Waals surface area contributed by atoms with Crippen molar-refractivity contribution in [1.82, 2.24) is 0 Å². The molecule has 0 aromatic carbocycles. The molecular weight excluding hydrogens is 160 g/mol. The average molecular weight is 178 g/mol. The van der Waals surface area contributed by atoms with Gasteiger partial charge in [-0.2, -0.15) is 23.5 Å². The summed E-state index contributed by atoms with van der Waals surface area (Å²) in [5, 5.41) is 0. The van der Waals surface area contributed by atoms with Crippen molar-refractivity contribution in [3.63, 3.8) is 0 Å². The monoisotopic (exact) mass is 178 g/mol. The van der Waals surface area contributed by atoms with Crippen molar-refractivity contribution in [1.29, 1.82) is 0 Å². The average Bonchev–Trinajstić information content (AvgIpc) is 1.97. The molecule has 0 aromatic rings. The fourth-order valence-electron chi connectivity index (χ4n) is 0.698. The molecule has 0 fully saturated rings. The number of rotatable bonds is 7. The van der Waals surface area contributed by atoms with Gasteiger partial charge >= 0.3 is 0 Å². The predicted octanol–water partition coefficient (Wildman–Crippen LogP) is 3.27. The molecule has 0 nitrogen and oxygen atoms in total. The van der Waals surface area contributed by atoms with Gasteiger partial charge in [0, 0.05) is 11.5 Å². The van der Waals surface area contributed by atoms with E-state index in [2.05, 4.69) is 24.9 Å². The van der Waals surface area contributed by atoms with Crippen LogP contribution in [0, 0.1) is 0 Å². The lowest BCUT2D eigenvalue weighted by Crippen LogP contribution is -1.85. The lowest BCUT2D eigenvalue weighted by atomic mass is 10.3. The maximum Gasteiger partial charge on any atom is 0.00234 e. The minimum atomic E-state index is 1.32. The molecular formula is C8H18S2. The molecule has 0 saturated heterocycles. The molecule has 0 amide bonds.